The predicted molar refractivity (Wildman–Crippen MR) is 82.4 cm³/mol. The molecule has 3 aromatic rings. The number of fused-ring (bicyclic) bond motifs is 1. The first-order chi connectivity index (χ1) is 9.66. The Hall–Kier alpha value is -2.07. The number of benzene rings is 2. The summed E-state index contributed by atoms with van der Waals surface area (Å²) in [4.78, 5) is 3.98. The molecule has 102 valence electrons. The second-order valence-corrected chi connectivity index (χ2v) is 5.76. The highest BCUT2D eigenvalue weighted by molar-refractivity contribution is 7.98. The second kappa shape index (κ2) is 5.13. The lowest BCUT2D eigenvalue weighted by molar-refractivity contribution is 0.406. The fourth-order valence-corrected chi connectivity index (χ4v) is 3.39. The van der Waals surface area contributed by atoms with E-state index in [0.717, 1.165) is 21.6 Å². The highest BCUT2D eigenvalue weighted by Crippen LogP contribution is 2.41. The molecule has 2 aromatic carbocycles. The van der Waals surface area contributed by atoms with Gasteiger partial charge >= 0.3 is 0 Å². The Labute approximate surface area is 121 Å². The Bertz CT molecular complexity index is 750. The molecule has 3 nitrogen and oxygen atoms in total. The quantitative estimate of drug-likeness (QED) is 0.500. The van der Waals surface area contributed by atoms with Crippen molar-refractivity contribution in [1.82, 2.24) is 4.98 Å². The van der Waals surface area contributed by atoms with E-state index in [1.54, 1.807) is 17.8 Å². The monoisotopic (exact) mass is 285 g/mol. The highest BCUT2D eigenvalue weighted by Gasteiger charge is 2.14. The molecule has 0 amide bonds. The number of rotatable bonds is 3. The van der Waals surface area contributed by atoms with Gasteiger partial charge in [-0.25, -0.2) is 0 Å². The molecule has 0 atom stereocenters. The van der Waals surface area contributed by atoms with Gasteiger partial charge in [0.05, 0.1) is 5.52 Å². The summed E-state index contributed by atoms with van der Waals surface area (Å²) in [5.41, 5.74) is 2.88. The molecule has 0 saturated carbocycles. The molecular weight excluding hydrogens is 270 g/mol. The average molecular weight is 285 g/mol. The summed E-state index contributed by atoms with van der Waals surface area (Å²) in [6.45, 7) is 1.99. The van der Waals surface area contributed by atoms with Gasteiger partial charge in [-0.2, -0.15) is 0 Å². The molecule has 0 bridgehead atoms. The van der Waals surface area contributed by atoms with Crippen LogP contribution in [-0.2, 0) is 5.75 Å². The summed E-state index contributed by atoms with van der Waals surface area (Å²) in [6.07, 6.45) is 1.84. The van der Waals surface area contributed by atoms with E-state index in [2.05, 4.69) is 17.1 Å². The van der Waals surface area contributed by atoms with Crippen LogP contribution in [0.15, 0.2) is 47.5 Å². The van der Waals surface area contributed by atoms with Crippen molar-refractivity contribution >= 4 is 22.7 Å². The molecule has 1 heterocycles. The van der Waals surface area contributed by atoms with Crippen LogP contribution in [0.3, 0.4) is 0 Å². The van der Waals surface area contributed by atoms with Gasteiger partial charge in [-0.15, -0.1) is 11.8 Å². The van der Waals surface area contributed by atoms with Crippen LogP contribution in [0, 0.1) is 6.92 Å². The van der Waals surface area contributed by atoms with Crippen molar-refractivity contribution in [1.29, 1.82) is 0 Å². The van der Waals surface area contributed by atoms with Crippen molar-refractivity contribution in [3.8, 4) is 11.5 Å². The minimum atomic E-state index is -0.0880. The van der Waals surface area contributed by atoms with E-state index < -0.39 is 0 Å². The van der Waals surface area contributed by atoms with Gasteiger partial charge in [0, 0.05) is 22.2 Å². The summed E-state index contributed by atoms with van der Waals surface area (Å²) >= 11 is 1.65. The lowest BCUT2D eigenvalue weighted by Gasteiger charge is -2.08. The van der Waals surface area contributed by atoms with Gasteiger partial charge in [-0.05, 0) is 24.1 Å². The lowest BCUT2D eigenvalue weighted by atomic mass is 10.1. The van der Waals surface area contributed by atoms with Crippen molar-refractivity contribution in [3.63, 3.8) is 0 Å². The van der Waals surface area contributed by atoms with Gasteiger partial charge in [-0.3, -0.25) is 0 Å². The van der Waals surface area contributed by atoms with Crippen LogP contribution in [0.2, 0.25) is 0 Å². The van der Waals surface area contributed by atoms with E-state index in [1.807, 2.05) is 31.3 Å². The number of aryl methyl sites for hydroxylation is 1. The van der Waals surface area contributed by atoms with Crippen LogP contribution < -0.4 is 0 Å². The van der Waals surface area contributed by atoms with Crippen LogP contribution in [-0.4, -0.2) is 15.2 Å². The zero-order valence-electron chi connectivity index (χ0n) is 11.1. The number of hydrogen-bond acceptors (Lipinski definition) is 3. The standard InChI is InChI=1S/C16H15NO2S/c1-10-8-17-15-14(10)13(7-12(18)16(15)19)20-9-11-5-3-2-4-6-11/h2-8,17-19H,9H2,1H3. The molecule has 0 saturated heterocycles. The van der Waals surface area contributed by atoms with Crippen LogP contribution >= 0.6 is 11.8 Å². The SMILES string of the molecule is Cc1c[nH]c2c(O)c(O)cc(SCc3ccccc3)c12. The Morgan fingerprint density at radius 2 is 1.90 bits per heavy atom. The topological polar surface area (TPSA) is 56.2 Å². The van der Waals surface area contributed by atoms with Gasteiger partial charge in [-0.1, -0.05) is 30.3 Å². The van der Waals surface area contributed by atoms with Gasteiger partial charge in [0.1, 0.15) is 0 Å². The molecular formula is C16H15NO2S. The number of aromatic hydroxyl groups is 2. The number of H-pyrrole nitrogens is 1. The smallest absolute Gasteiger partial charge is 0.182 e. The third-order valence-corrected chi connectivity index (χ3v) is 4.42. The second-order valence-electron chi connectivity index (χ2n) is 4.74. The molecule has 0 aliphatic carbocycles. The van der Waals surface area contributed by atoms with Crippen molar-refractivity contribution in [3.05, 3.63) is 53.7 Å². The van der Waals surface area contributed by atoms with E-state index in [9.17, 15) is 10.2 Å². The highest BCUT2D eigenvalue weighted by atomic mass is 32.2. The summed E-state index contributed by atoms with van der Waals surface area (Å²) in [5.74, 6) is 0.650. The molecule has 3 rings (SSSR count). The average Bonchev–Trinajstić information content (AvgIpc) is 2.85. The van der Waals surface area contributed by atoms with E-state index in [1.165, 1.54) is 5.56 Å². The van der Waals surface area contributed by atoms with Gasteiger partial charge in [0.15, 0.2) is 11.5 Å². The maximum atomic E-state index is 9.89. The Morgan fingerprint density at radius 1 is 1.15 bits per heavy atom. The molecule has 0 radical (unpaired) electrons. The number of aromatic amines is 1. The zero-order chi connectivity index (χ0) is 14.1. The van der Waals surface area contributed by atoms with Crippen LogP contribution in [0.25, 0.3) is 10.9 Å². The van der Waals surface area contributed by atoms with Crippen LogP contribution in [0.5, 0.6) is 11.5 Å². The normalized spacial score (nSPS) is 11.1. The molecule has 3 N–H and O–H groups in total. The number of aromatic nitrogens is 1. The van der Waals surface area contributed by atoms with Crippen molar-refractivity contribution in [2.75, 3.05) is 0 Å². The molecule has 0 aliphatic rings. The van der Waals surface area contributed by atoms with Crippen molar-refractivity contribution in [2.24, 2.45) is 0 Å². The van der Waals surface area contributed by atoms with Crippen molar-refractivity contribution in [2.45, 2.75) is 17.6 Å². The summed E-state index contributed by atoms with van der Waals surface area (Å²) in [7, 11) is 0. The Balaban J connectivity index is 1.99. The largest absolute Gasteiger partial charge is 0.504 e. The fraction of sp³-hybridized carbons (Fsp3) is 0.125. The van der Waals surface area contributed by atoms with E-state index >= 15 is 0 Å². The first-order valence-electron chi connectivity index (χ1n) is 6.36. The predicted octanol–water partition coefficient (Wildman–Crippen LogP) is 4.18. The van der Waals surface area contributed by atoms with Crippen LogP contribution in [0.1, 0.15) is 11.1 Å². The minimum Gasteiger partial charge on any atom is -0.504 e. The fourth-order valence-electron chi connectivity index (χ4n) is 2.27. The molecule has 4 heteroatoms. The Morgan fingerprint density at radius 3 is 2.65 bits per heavy atom. The molecule has 1 aromatic heterocycles. The first-order valence-corrected chi connectivity index (χ1v) is 7.34. The van der Waals surface area contributed by atoms with Crippen molar-refractivity contribution < 1.29 is 10.2 Å². The molecule has 0 fully saturated rings. The minimum absolute atomic E-state index is 0.0860. The van der Waals surface area contributed by atoms with E-state index in [0.29, 0.717) is 5.52 Å². The Kier molecular flexibility index (Phi) is 3.32. The number of hydrogen-bond donors (Lipinski definition) is 3. The summed E-state index contributed by atoms with van der Waals surface area (Å²) in [5, 5.41) is 20.7. The molecule has 0 unspecified atom stereocenters. The summed E-state index contributed by atoms with van der Waals surface area (Å²) < 4.78 is 0. The zero-order valence-corrected chi connectivity index (χ0v) is 11.9. The third-order valence-electron chi connectivity index (χ3n) is 3.31. The number of phenolic OH excluding ortho intramolecular Hbond substituents is 2. The number of phenols is 2. The van der Waals surface area contributed by atoms with Gasteiger partial charge < -0.3 is 15.2 Å². The molecule has 0 spiro atoms. The molecule has 20 heavy (non-hydrogen) atoms. The van der Waals surface area contributed by atoms with Gasteiger partial charge in [0.25, 0.3) is 0 Å². The third kappa shape index (κ3) is 2.23. The lowest BCUT2D eigenvalue weighted by Crippen LogP contribution is -1.83. The summed E-state index contributed by atoms with van der Waals surface area (Å²) in [6, 6.07) is 11.8. The van der Waals surface area contributed by atoms with E-state index in [-0.39, 0.29) is 11.5 Å². The maximum absolute atomic E-state index is 9.89. The first kappa shape index (κ1) is 12.9. The number of nitrogens with one attached hydrogen (secondary N) is 1. The van der Waals surface area contributed by atoms with Gasteiger partial charge in [0.2, 0.25) is 0 Å². The maximum Gasteiger partial charge on any atom is 0.182 e. The molecule has 0 aliphatic heterocycles. The van der Waals surface area contributed by atoms with E-state index in [4.69, 9.17) is 0 Å². The van der Waals surface area contributed by atoms with Crippen LogP contribution in [0.4, 0.5) is 0 Å². The number of thioether (sulfide) groups is 1.